The lowest BCUT2D eigenvalue weighted by Gasteiger charge is -2.26. The van der Waals surface area contributed by atoms with E-state index in [1.807, 2.05) is 24.3 Å². The molecule has 1 aliphatic carbocycles. The van der Waals surface area contributed by atoms with Crippen LogP contribution < -0.4 is 20.3 Å². The molecule has 9 nitrogen and oxygen atoms in total. The monoisotopic (exact) mass is 631 g/mol. The Kier molecular flexibility index (Phi) is 11.0. The Balaban J connectivity index is 1.55. The Morgan fingerprint density at radius 1 is 0.956 bits per heavy atom. The molecule has 0 aliphatic heterocycles. The number of anilines is 2. The molecule has 1 aliphatic rings. The molecule has 0 heterocycles. The summed E-state index contributed by atoms with van der Waals surface area (Å²) in [7, 11) is 0. The molecule has 45 heavy (non-hydrogen) atoms. The molecular weight excluding hydrogens is 598 g/mol. The maximum Gasteiger partial charge on any atom is 0.573 e. The zero-order chi connectivity index (χ0) is 32.6. The van der Waals surface area contributed by atoms with Crippen LogP contribution in [-0.2, 0) is 17.9 Å². The average molecular weight is 632 g/mol. The quantitative estimate of drug-likeness (QED) is 0.179. The van der Waals surface area contributed by atoms with Crippen molar-refractivity contribution in [2.24, 2.45) is 0 Å². The van der Waals surface area contributed by atoms with Crippen molar-refractivity contribution in [2.75, 3.05) is 16.8 Å². The lowest BCUT2D eigenvalue weighted by molar-refractivity contribution is -0.275. The average Bonchev–Trinajstić information content (AvgIpc) is 3.03. The zero-order valence-corrected chi connectivity index (χ0v) is 24.1. The number of aliphatic hydroxyl groups is 1. The summed E-state index contributed by atoms with van der Waals surface area (Å²) in [4.78, 5) is 38.0. The Morgan fingerprint density at radius 2 is 1.62 bits per heavy atom. The second-order valence-electron chi connectivity index (χ2n) is 10.7. The van der Waals surface area contributed by atoms with E-state index in [0.717, 1.165) is 31.7 Å². The Morgan fingerprint density at radius 3 is 2.22 bits per heavy atom. The smallest absolute Gasteiger partial charge is 0.479 e. The molecule has 3 aromatic carbocycles. The number of benzene rings is 3. The van der Waals surface area contributed by atoms with Gasteiger partial charge in [-0.05, 0) is 72.4 Å². The maximum absolute atomic E-state index is 13.6. The number of nitrogens with one attached hydrogen (secondary N) is 2. The van der Waals surface area contributed by atoms with Gasteiger partial charge in [-0.2, -0.15) is 0 Å². The minimum atomic E-state index is -4.96. The van der Waals surface area contributed by atoms with Crippen molar-refractivity contribution in [1.82, 2.24) is 5.32 Å². The van der Waals surface area contributed by atoms with Crippen LogP contribution in [0.15, 0.2) is 66.7 Å². The van der Waals surface area contributed by atoms with Gasteiger partial charge in [0.2, 0.25) is 6.17 Å². The number of urea groups is 1. The summed E-state index contributed by atoms with van der Waals surface area (Å²) < 4.78 is 55.5. The molecule has 0 aromatic heterocycles. The predicted octanol–water partition coefficient (Wildman–Crippen LogP) is 6.52. The third-order valence-corrected chi connectivity index (χ3v) is 7.50. The maximum atomic E-state index is 13.6. The second-order valence-corrected chi connectivity index (χ2v) is 10.7. The summed E-state index contributed by atoms with van der Waals surface area (Å²) in [5, 5.41) is 23.1. The third-order valence-electron chi connectivity index (χ3n) is 7.50. The van der Waals surface area contributed by atoms with E-state index in [1.54, 1.807) is 12.1 Å². The highest BCUT2D eigenvalue weighted by Gasteiger charge is 2.32. The number of aliphatic carboxylic acids is 1. The van der Waals surface area contributed by atoms with Gasteiger partial charge in [-0.15, -0.1) is 13.2 Å². The number of rotatable bonds is 11. The van der Waals surface area contributed by atoms with Crippen LogP contribution in [0.4, 0.5) is 33.7 Å². The minimum absolute atomic E-state index is 0.0319. The summed E-state index contributed by atoms with van der Waals surface area (Å²) in [6.07, 6.45) is -1.49. The molecule has 1 saturated carbocycles. The summed E-state index contributed by atoms with van der Waals surface area (Å²) in [6, 6.07) is 16.5. The van der Waals surface area contributed by atoms with Gasteiger partial charge in [0.15, 0.2) is 0 Å². The number of nitrogens with zero attached hydrogens (tertiary/aromatic N) is 1. The molecule has 1 fully saturated rings. The number of carboxylic acid groups (broad SMARTS) is 1. The van der Waals surface area contributed by atoms with Gasteiger partial charge >= 0.3 is 18.4 Å². The Bertz CT molecular complexity index is 1480. The lowest BCUT2D eigenvalue weighted by atomic mass is 9.84. The highest BCUT2D eigenvalue weighted by Crippen LogP contribution is 2.34. The van der Waals surface area contributed by atoms with E-state index in [4.69, 9.17) is 5.11 Å². The van der Waals surface area contributed by atoms with Gasteiger partial charge < -0.3 is 25.6 Å². The van der Waals surface area contributed by atoms with Crippen molar-refractivity contribution in [2.45, 2.75) is 63.7 Å². The molecule has 0 bridgehead atoms. The molecule has 1 atom stereocenters. The number of alkyl halides is 4. The first-order chi connectivity index (χ1) is 21.4. The SMILES string of the molecule is O=C(NCC(F)C(=O)O)c1ccc(CN(C(=O)Nc2ccc(OC(F)(F)F)c(CO)c2)c2ccc(C3CCCCC3)cc2)cc1. The van der Waals surface area contributed by atoms with Gasteiger partial charge in [0.25, 0.3) is 5.91 Å². The van der Waals surface area contributed by atoms with Crippen LogP contribution in [0.25, 0.3) is 0 Å². The largest absolute Gasteiger partial charge is 0.573 e. The van der Waals surface area contributed by atoms with Crippen LogP contribution in [0, 0.1) is 0 Å². The van der Waals surface area contributed by atoms with Crippen LogP contribution in [0.1, 0.15) is 65.1 Å². The predicted molar refractivity (Wildman–Crippen MR) is 158 cm³/mol. The minimum Gasteiger partial charge on any atom is -0.479 e. The van der Waals surface area contributed by atoms with E-state index in [-0.39, 0.29) is 23.4 Å². The first-order valence-electron chi connectivity index (χ1n) is 14.4. The fourth-order valence-corrected chi connectivity index (χ4v) is 5.15. The number of carboxylic acids is 1. The molecule has 4 N–H and O–H groups in total. The molecule has 240 valence electrons. The molecule has 0 spiro atoms. The highest BCUT2D eigenvalue weighted by atomic mass is 19.4. The molecule has 0 saturated heterocycles. The van der Waals surface area contributed by atoms with Gasteiger partial charge in [0.05, 0.1) is 19.7 Å². The first kappa shape index (κ1) is 33.2. The van der Waals surface area contributed by atoms with Crippen LogP contribution in [0.2, 0.25) is 0 Å². The van der Waals surface area contributed by atoms with E-state index < -0.39 is 49.3 Å². The highest BCUT2D eigenvalue weighted by molar-refractivity contribution is 6.02. The third kappa shape index (κ3) is 9.42. The Hall–Kier alpha value is -4.65. The summed E-state index contributed by atoms with van der Waals surface area (Å²) >= 11 is 0. The molecule has 0 radical (unpaired) electrons. The van der Waals surface area contributed by atoms with Gasteiger partial charge in [-0.1, -0.05) is 43.5 Å². The van der Waals surface area contributed by atoms with Crippen LogP contribution in [-0.4, -0.2) is 47.2 Å². The molecular formula is C32H33F4N3O6. The van der Waals surface area contributed by atoms with E-state index in [9.17, 15) is 37.1 Å². The summed E-state index contributed by atoms with van der Waals surface area (Å²) in [5.41, 5.74) is 2.42. The zero-order valence-electron chi connectivity index (χ0n) is 24.1. The Labute approximate surface area is 256 Å². The fourth-order valence-electron chi connectivity index (χ4n) is 5.15. The lowest BCUT2D eigenvalue weighted by Crippen LogP contribution is -2.35. The van der Waals surface area contributed by atoms with Crippen molar-refractivity contribution in [3.8, 4) is 5.75 Å². The fraction of sp³-hybridized carbons (Fsp3) is 0.344. The van der Waals surface area contributed by atoms with Gasteiger partial charge in [0.1, 0.15) is 5.75 Å². The number of hydrogen-bond acceptors (Lipinski definition) is 5. The van der Waals surface area contributed by atoms with Crippen molar-refractivity contribution >= 4 is 29.3 Å². The van der Waals surface area contributed by atoms with Gasteiger partial charge in [-0.25, -0.2) is 14.0 Å². The van der Waals surface area contributed by atoms with Crippen LogP contribution in [0.3, 0.4) is 0 Å². The first-order valence-corrected chi connectivity index (χ1v) is 14.4. The van der Waals surface area contributed by atoms with E-state index >= 15 is 0 Å². The second kappa shape index (κ2) is 14.9. The summed E-state index contributed by atoms with van der Waals surface area (Å²) in [6.45, 7) is -1.42. The molecule has 3 amide bonds. The number of carbonyl (C=O) groups is 3. The van der Waals surface area contributed by atoms with Crippen LogP contribution >= 0.6 is 0 Å². The van der Waals surface area contributed by atoms with Crippen molar-refractivity contribution in [1.29, 1.82) is 0 Å². The van der Waals surface area contributed by atoms with E-state index in [0.29, 0.717) is 17.2 Å². The summed E-state index contributed by atoms with van der Waals surface area (Å²) in [5.74, 6) is -2.51. The number of ether oxygens (including phenoxy) is 1. The van der Waals surface area contributed by atoms with Crippen molar-refractivity contribution in [3.63, 3.8) is 0 Å². The standard InChI is InChI=1S/C32H33F4N3O6/c33-27(30(42)43)17-37-29(41)23-8-6-20(7-9-23)18-39(26-13-10-22(11-14-26)21-4-2-1-3-5-21)31(44)38-25-12-15-28(24(16-25)19-40)45-32(34,35)36/h6-16,21,27,40H,1-5,17-19H2,(H,37,41)(H,38,44)(H,42,43). The number of carbonyl (C=O) groups excluding carboxylic acids is 2. The number of halogens is 4. The number of hydrogen-bond donors (Lipinski definition) is 4. The number of amides is 3. The molecule has 3 aromatic rings. The van der Waals surface area contributed by atoms with Crippen LogP contribution in [0.5, 0.6) is 5.75 Å². The van der Waals surface area contributed by atoms with E-state index in [2.05, 4.69) is 15.4 Å². The van der Waals surface area contributed by atoms with Crippen molar-refractivity contribution < 1.29 is 46.9 Å². The number of aliphatic hydroxyl groups excluding tert-OH is 1. The normalized spacial score (nSPS) is 14.3. The van der Waals surface area contributed by atoms with Gasteiger partial charge in [0, 0.05) is 22.5 Å². The van der Waals surface area contributed by atoms with E-state index in [1.165, 1.54) is 41.1 Å². The van der Waals surface area contributed by atoms with Crippen molar-refractivity contribution in [3.05, 3.63) is 89.0 Å². The van der Waals surface area contributed by atoms with Gasteiger partial charge in [-0.3, -0.25) is 9.69 Å². The molecule has 1 unspecified atom stereocenters. The molecule has 13 heteroatoms. The molecule has 4 rings (SSSR count). The topological polar surface area (TPSA) is 128 Å².